The SMILES string of the molecule is COC(=O)C1COCCN1C(=O)c1ccc(Br)cc1C. The quantitative estimate of drug-likeness (QED) is 0.769. The molecule has 5 nitrogen and oxygen atoms in total. The van der Waals surface area contributed by atoms with E-state index in [0.717, 1.165) is 10.0 Å². The van der Waals surface area contributed by atoms with Crippen LogP contribution < -0.4 is 0 Å². The van der Waals surface area contributed by atoms with Crippen LogP contribution >= 0.6 is 15.9 Å². The summed E-state index contributed by atoms with van der Waals surface area (Å²) in [6, 6.07) is 4.77. The second-order valence-corrected chi connectivity index (χ2v) is 5.49. The van der Waals surface area contributed by atoms with Crippen LogP contribution in [0.15, 0.2) is 22.7 Å². The highest BCUT2D eigenvalue weighted by Crippen LogP contribution is 2.20. The average Bonchev–Trinajstić information content (AvgIpc) is 2.46. The van der Waals surface area contributed by atoms with Gasteiger partial charge in [0.15, 0.2) is 6.04 Å². The molecule has 0 bridgehead atoms. The van der Waals surface area contributed by atoms with E-state index in [0.29, 0.717) is 18.7 Å². The van der Waals surface area contributed by atoms with Crippen molar-refractivity contribution in [1.82, 2.24) is 4.90 Å². The Labute approximate surface area is 126 Å². The smallest absolute Gasteiger partial charge is 0.331 e. The number of esters is 1. The minimum Gasteiger partial charge on any atom is -0.467 e. The average molecular weight is 342 g/mol. The monoisotopic (exact) mass is 341 g/mol. The molecule has 1 aliphatic rings. The summed E-state index contributed by atoms with van der Waals surface area (Å²) in [5.74, 6) is -0.624. The maximum Gasteiger partial charge on any atom is 0.331 e. The number of rotatable bonds is 2. The Morgan fingerprint density at radius 2 is 2.20 bits per heavy atom. The summed E-state index contributed by atoms with van der Waals surface area (Å²) in [4.78, 5) is 25.9. The van der Waals surface area contributed by atoms with Crippen molar-refractivity contribution in [1.29, 1.82) is 0 Å². The Morgan fingerprint density at radius 1 is 1.45 bits per heavy atom. The number of nitrogens with zero attached hydrogens (tertiary/aromatic N) is 1. The van der Waals surface area contributed by atoms with Gasteiger partial charge in [0.2, 0.25) is 0 Å². The molecule has 20 heavy (non-hydrogen) atoms. The van der Waals surface area contributed by atoms with E-state index in [1.54, 1.807) is 6.07 Å². The molecule has 0 aliphatic carbocycles. The van der Waals surface area contributed by atoms with E-state index in [1.165, 1.54) is 12.0 Å². The van der Waals surface area contributed by atoms with Crippen LogP contribution in [0.1, 0.15) is 15.9 Å². The summed E-state index contributed by atoms with van der Waals surface area (Å²) in [5, 5.41) is 0. The molecule has 0 aromatic heterocycles. The maximum atomic E-state index is 12.6. The van der Waals surface area contributed by atoms with E-state index in [2.05, 4.69) is 15.9 Å². The molecule has 0 radical (unpaired) electrons. The van der Waals surface area contributed by atoms with Gasteiger partial charge < -0.3 is 14.4 Å². The Balaban J connectivity index is 2.27. The lowest BCUT2D eigenvalue weighted by molar-refractivity contribution is -0.151. The number of methoxy groups -OCH3 is 1. The van der Waals surface area contributed by atoms with Crippen molar-refractivity contribution in [3.63, 3.8) is 0 Å². The molecule has 1 aromatic rings. The topological polar surface area (TPSA) is 55.8 Å². The number of amides is 1. The van der Waals surface area contributed by atoms with Gasteiger partial charge in [0, 0.05) is 16.6 Å². The molecule has 6 heteroatoms. The van der Waals surface area contributed by atoms with Gasteiger partial charge in [0.25, 0.3) is 5.91 Å². The highest BCUT2D eigenvalue weighted by Gasteiger charge is 2.34. The summed E-state index contributed by atoms with van der Waals surface area (Å²) in [5.41, 5.74) is 1.45. The highest BCUT2D eigenvalue weighted by molar-refractivity contribution is 9.10. The fourth-order valence-corrected chi connectivity index (χ4v) is 2.68. The van der Waals surface area contributed by atoms with Crippen LogP contribution in [0, 0.1) is 6.92 Å². The predicted octanol–water partition coefficient (Wildman–Crippen LogP) is 1.77. The molecule has 1 saturated heterocycles. The van der Waals surface area contributed by atoms with Gasteiger partial charge in [-0.15, -0.1) is 0 Å². The van der Waals surface area contributed by atoms with Crippen molar-refractivity contribution in [2.45, 2.75) is 13.0 Å². The largest absolute Gasteiger partial charge is 0.467 e. The van der Waals surface area contributed by atoms with Crippen LogP contribution in [0.5, 0.6) is 0 Å². The third-order valence-corrected chi connectivity index (χ3v) is 3.77. The Bertz CT molecular complexity index is 532. The molecule has 2 rings (SSSR count). The van der Waals surface area contributed by atoms with Crippen LogP contribution in [0.2, 0.25) is 0 Å². The second-order valence-electron chi connectivity index (χ2n) is 4.57. The molecule has 1 aromatic carbocycles. The Kier molecular flexibility index (Phi) is 4.77. The first-order valence-corrected chi connectivity index (χ1v) is 7.06. The van der Waals surface area contributed by atoms with Gasteiger partial charge in [0.05, 0.1) is 20.3 Å². The summed E-state index contributed by atoms with van der Waals surface area (Å²) >= 11 is 3.37. The number of hydrogen-bond donors (Lipinski definition) is 0. The molecule has 0 N–H and O–H groups in total. The van der Waals surface area contributed by atoms with Crippen molar-refractivity contribution in [3.05, 3.63) is 33.8 Å². The number of carbonyl (C=O) groups is 2. The van der Waals surface area contributed by atoms with Gasteiger partial charge in [-0.1, -0.05) is 15.9 Å². The molecule has 1 atom stereocenters. The van der Waals surface area contributed by atoms with Gasteiger partial charge in [-0.05, 0) is 30.7 Å². The van der Waals surface area contributed by atoms with Crippen LogP contribution in [0.4, 0.5) is 0 Å². The zero-order chi connectivity index (χ0) is 14.7. The minimum absolute atomic E-state index is 0.172. The number of morpholine rings is 1. The number of benzene rings is 1. The highest BCUT2D eigenvalue weighted by atomic mass is 79.9. The lowest BCUT2D eigenvalue weighted by Crippen LogP contribution is -2.53. The number of hydrogen-bond acceptors (Lipinski definition) is 4. The van der Waals surface area contributed by atoms with E-state index in [4.69, 9.17) is 9.47 Å². The standard InChI is InChI=1S/C14H16BrNO4/c1-9-7-10(15)3-4-11(9)13(17)16-5-6-20-8-12(16)14(18)19-2/h3-4,7,12H,5-6,8H2,1-2H3. The molecule has 1 heterocycles. The predicted molar refractivity (Wildman–Crippen MR) is 76.5 cm³/mol. The van der Waals surface area contributed by atoms with Crippen LogP contribution in [-0.2, 0) is 14.3 Å². The number of halogens is 1. The molecule has 0 saturated carbocycles. The second kappa shape index (κ2) is 6.37. The molecular weight excluding hydrogens is 326 g/mol. The summed E-state index contributed by atoms with van der Waals surface area (Å²) in [6.45, 7) is 2.85. The van der Waals surface area contributed by atoms with E-state index >= 15 is 0 Å². The van der Waals surface area contributed by atoms with E-state index in [1.807, 2.05) is 19.1 Å². The van der Waals surface area contributed by atoms with Crippen molar-refractivity contribution < 1.29 is 19.1 Å². The fourth-order valence-electron chi connectivity index (χ4n) is 2.20. The van der Waals surface area contributed by atoms with Crippen molar-refractivity contribution >= 4 is 27.8 Å². The molecule has 0 spiro atoms. The summed E-state index contributed by atoms with van der Waals surface area (Å²) in [6.07, 6.45) is 0. The normalized spacial score (nSPS) is 18.8. The maximum absolute atomic E-state index is 12.6. The van der Waals surface area contributed by atoms with Crippen molar-refractivity contribution in [2.24, 2.45) is 0 Å². The van der Waals surface area contributed by atoms with Crippen molar-refractivity contribution in [2.75, 3.05) is 26.9 Å². The van der Waals surface area contributed by atoms with Gasteiger partial charge >= 0.3 is 5.97 Å². The van der Waals surface area contributed by atoms with Crippen LogP contribution in [-0.4, -0.2) is 49.7 Å². The first kappa shape index (κ1) is 15.0. The molecule has 1 amide bonds. The van der Waals surface area contributed by atoms with Gasteiger partial charge in [0.1, 0.15) is 0 Å². The molecule has 1 fully saturated rings. The first-order valence-electron chi connectivity index (χ1n) is 6.27. The molecular formula is C14H16BrNO4. The minimum atomic E-state index is -0.677. The van der Waals surface area contributed by atoms with Gasteiger partial charge in [-0.2, -0.15) is 0 Å². The summed E-state index contributed by atoms with van der Waals surface area (Å²) in [7, 11) is 1.31. The number of carbonyl (C=O) groups excluding carboxylic acids is 2. The number of aryl methyl sites for hydroxylation is 1. The molecule has 1 aliphatic heterocycles. The van der Waals surface area contributed by atoms with E-state index < -0.39 is 12.0 Å². The van der Waals surface area contributed by atoms with Crippen LogP contribution in [0.25, 0.3) is 0 Å². The fraction of sp³-hybridized carbons (Fsp3) is 0.429. The Morgan fingerprint density at radius 3 is 2.85 bits per heavy atom. The van der Waals surface area contributed by atoms with E-state index in [-0.39, 0.29) is 12.5 Å². The Hall–Kier alpha value is -1.40. The summed E-state index contributed by atoms with van der Waals surface area (Å²) < 4.78 is 10.9. The van der Waals surface area contributed by atoms with Gasteiger partial charge in [-0.25, -0.2) is 4.79 Å². The third-order valence-electron chi connectivity index (χ3n) is 3.28. The third kappa shape index (κ3) is 3.02. The zero-order valence-corrected chi connectivity index (χ0v) is 13.0. The van der Waals surface area contributed by atoms with Crippen LogP contribution in [0.3, 0.4) is 0 Å². The zero-order valence-electron chi connectivity index (χ0n) is 11.4. The van der Waals surface area contributed by atoms with Gasteiger partial charge in [-0.3, -0.25) is 4.79 Å². The van der Waals surface area contributed by atoms with Crippen molar-refractivity contribution in [3.8, 4) is 0 Å². The number of ether oxygens (including phenoxy) is 2. The molecule has 1 unspecified atom stereocenters. The molecule has 108 valence electrons. The first-order chi connectivity index (χ1) is 9.54. The lowest BCUT2D eigenvalue weighted by Gasteiger charge is -2.34. The lowest BCUT2D eigenvalue weighted by atomic mass is 10.1. The van der Waals surface area contributed by atoms with E-state index in [9.17, 15) is 9.59 Å².